The minimum absolute atomic E-state index is 0.229. The summed E-state index contributed by atoms with van der Waals surface area (Å²) in [5.41, 5.74) is 0. The maximum Gasteiger partial charge on any atom is 0.446 e. The van der Waals surface area contributed by atoms with Gasteiger partial charge in [0.25, 0.3) is 0 Å². The van der Waals surface area contributed by atoms with Crippen LogP contribution >= 0.6 is 0 Å². The number of phenols is 1. The first kappa shape index (κ1) is 15.3. The second-order valence-electron chi connectivity index (χ2n) is 3.85. The Kier molecular flexibility index (Phi) is 3.67. The molecule has 0 aliphatic heterocycles. The number of benzene rings is 2. The Morgan fingerprint density at radius 3 is 2.00 bits per heavy atom. The van der Waals surface area contributed by atoms with Gasteiger partial charge in [-0.2, -0.15) is 16.8 Å². The lowest BCUT2D eigenvalue weighted by Crippen LogP contribution is -2.07. The molecule has 2 aromatic carbocycles. The van der Waals surface area contributed by atoms with Crippen molar-refractivity contribution < 1.29 is 39.4 Å². The van der Waals surface area contributed by atoms with Crippen LogP contribution in [0.15, 0.2) is 30.3 Å². The number of hydrogen-bond donors (Lipinski definition) is 3. The lowest BCUT2D eigenvalue weighted by Gasteiger charge is -2.07. The molecule has 0 atom stereocenters. The monoisotopic (exact) mass is 336 g/mol. The van der Waals surface area contributed by atoms with Gasteiger partial charge in [0.05, 0.1) is 0 Å². The van der Waals surface area contributed by atoms with Crippen LogP contribution in [0.5, 0.6) is 17.2 Å². The minimum atomic E-state index is -4.83. The summed E-state index contributed by atoms with van der Waals surface area (Å²) < 4.78 is 68.0. The quantitative estimate of drug-likeness (QED) is 0.693. The molecule has 0 aromatic heterocycles. The Bertz CT molecular complexity index is 900. The standard InChI is InChI=1S/C10H8O9S2/c11-9-4-6-1-2-8(18-20(12,13)14)3-7(6)5-10(9)19-21(15,16)17/h1-5,11H,(H,12,13,14)(H,15,16,17). The highest BCUT2D eigenvalue weighted by Crippen LogP contribution is 2.33. The van der Waals surface area contributed by atoms with Crippen molar-refractivity contribution >= 4 is 31.6 Å². The van der Waals surface area contributed by atoms with Crippen LogP contribution < -0.4 is 8.37 Å². The van der Waals surface area contributed by atoms with Gasteiger partial charge < -0.3 is 13.5 Å². The van der Waals surface area contributed by atoms with Crippen LogP contribution in [0.1, 0.15) is 0 Å². The SMILES string of the molecule is O=S(=O)(O)Oc1ccc2cc(O)c(OS(=O)(=O)O)cc2c1. The summed E-state index contributed by atoms with van der Waals surface area (Å²) in [5, 5.41) is 10.2. The third-order valence-corrected chi connectivity index (χ3v) is 3.08. The number of hydrogen-bond acceptors (Lipinski definition) is 7. The van der Waals surface area contributed by atoms with Gasteiger partial charge in [-0.05, 0) is 35.0 Å². The zero-order chi connectivity index (χ0) is 15.8. The van der Waals surface area contributed by atoms with Crippen molar-refractivity contribution in [2.75, 3.05) is 0 Å². The third kappa shape index (κ3) is 4.19. The molecule has 0 unspecified atom stereocenters. The first-order valence-electron chi connectivity index (χ1n) is 5.14. The lowest BCUT2D eigenvalue weighted by molar-refractivity contribution is 0.371. The first-order chi connectivity index (χ1) is 9.53. The van der Waals surface area contributed by atoms with Gasteiger partial charge in [0, 0.05) is 0 Å². The molecular formula is C10H8O9S2. The van der Waals surface area contributed by atoms with Crippen molar-refractivity contribution in [2.45, 2.75) is 0 Å². The topological polar surface area (TPSA) is 147 Å². The lowest BCUT2D eigenvalue weighted by atomic mass is 10.1. The molecule has 21 heavy (non-hydrogen) atoms. The van der Waals surface area contributed by atoms with Crippen molar-refractivity contribution in [1.82, 2.24) is 0 Å². The van der Waals surface area contributed by atoms with Crippen LogP contribution in [0, 0.1) is 0 Å². The molecule has 0 bridgehead atoms. The fraction of sp³-hybridized carbons (Fsp3) is 0. The first-order valence-corrected chi connectivity index (χ1v) is 7.87. The Hall–Kier alpha value is -2.08. The zero-order valence-corrected chi connectivity index (χ0v) is 11.6. The van der Waals surface area contributed by atoms with Crippen LogP contribution in [0.25, 0.3) is 10.8 Å². The second-order valence-corrected chi connectivity index (χ2v) is 5.90. The van der Waals surface area contributed by atoms with E-state index in [0.717, 1.165) is 18.2 Å². The molecule has 0 heterocycles. The average molecular weight is 336 g/mol. The Labute approximate surface area is 119 Å². The van der Waals surface area contributed by atoms with Crippen LogP contribution in [0.2, 0.25) is 0 Å². The molecule has 0 aliphatic carbocycles. The third-order valence-electron chi connectivity index (χ3n) is 2.29. The molecule has 3 N–H and O–H groups in total. The highest BCUT2D eigenvalue weighted by molar-refractivity contribution is 7.81. The van der Waals surface area contributed by atoms with E-state index in [9.17, 15) is 21.9 Å². The van der Waals surface area contributed by atoms with Crippen LogP contribution in [-0.4, -0.2) is 31.0 Å². The summed E-state index contributed by atoms with van der Waals surface area (Å²) in [4.78, 5) is 0. The molecule has 2 aromatic rings. The predicted octanol–water partition coefficient (Wildman–Crippen LogP) is 0.909. The van der Waals surface area contributed by atoms with E-state index in [1.807, 2.05) is 0 Å². The number of rotatable bonds is 4. The van der Waals surface area contributed by atoms with E-state index in [4.69, 9.17) is 9.11 Å². The van der Waals surface area contributed by atoms with Crippen LogP contribution in [-0.2, 0) is 20.8 Å². The van der Waals surface area contributed by atoms with Crippen LogP contribution in [0.4, 0.5) is 0 Å². The maximum absolute atomic E-state index is 10.6. The summed E-state index contributed by atoms with van der Waals surface area (Å²) in [6.45, 7) is 0. The van der Waals surface area contributed by atoms with E-state index in [2.05, 4.69) is 8.37 Å². The van der Waals surface area contributed by atoms with E-state index >= 15 is 0 Å². The fourth-order valence-electron chi connectivity index (χ4n) is 1.60. The van der Waals surface area contributed by atoms with Crippen LogP contribution in [0.3, 0.4) is 0 Å². The Balaban J connectivity index is 2.53. The number of aromatic hydroxyl groups is 1. The predicted molar refractivity (Wildman–Crippen MR) is 70.0 cm³/mol. The van der Waals surface area contributed by atoms with Crippen molar-refractivity contribution in [3.8, 4) is 17.2 Å². The fourth-order valence-corrected chi connectivity index (χ4v) is 2.30. The molecule has 0 aliphatic rings. The maximum atomic E-state index is 10.6. The molecule has 0 saturated heterocycles. The zero-order valence-electron chi connectivity index (χ0n) is 9.99. The van der Waals surface area contributed by atoms with Gasteiger partial charge in [-0.15, -0.1) is 0 Å². The van der Waals surface area contributed by atoms with E-state index < -0.39 is 32.3 Å². The highest BCUT2D eigenvalue weighted by atomic mass is 32.3. The van der Waals surface area contributed by atoms with Crippen molar-refractivity contribution in [3.63, 3.8) is 0 Å². The summed E-state index contributed by atoms with van der Waals surface area (Å²) in [7, 11) is -9.54. The number of fused-ring (bicyclic) bond motifs is 1. The van der Waals surface area contributed by atoms with E-state index in [1.165, 1.54) is 12.1 Å². The summed E-state index contributed by atoms with van der Waals surface area (Å²) >= 11 is 0. The summed E-state index contributed by atoms with van der Waals surface area (Å²) in [6, 6.07) is 5.88. The molecule has 0 radical (unpaired) electrons. The van der Waals surface area contributed by atoms with E-state index in [-0.39, 0.29) is 11.1 Å². The van der Waals surface area contributed by atoms with E-state index in [1.54, 1.807) is 0 Å². The second kappa shape index (κ2) is 5.04. The molecule has 2 rings (SSSR count). The highest BCUT2D eigenvalue weighted by Gasteiger charge is 2.14. The molecule has 11 heteroatoms. The van der Waals surface area contributed by atoms with Gasteiger partial charge in [0.2, 0.25) is 0 Å². The largest absolute Gasteiger partial charge is 0.504 e. The van der Waals surface area contributed by atoms with Gasteiger partial charge in [-0.1, -0.05) is 6.07 Å². The Morgan fingerprint density at radius 1 is 0.810 bits per heavy atom. The molecule has 0 saturated carbocycles. The molecule has 0 spiro atoms. The normalized spacial score (nSPS) is 12.3. The van der Waals surface area contributed by atoms with Crippen molar-refractivity contribution in [1.29, 1.82) is 0 Å². The van der Waals surface area contributed by atoms with Gasteiger partial charge >= 0.3 is 20.8 Å². The number of phenolic OH excluding ortho intramolecular Hbond substituents is 1. The minimum Gasteiger partial charge on any atom is -0.504 e. The van der Waals surface area contributed by atoms with Gasteiger partial charge in [-0.25, -0.2) is 0 Å². The molecular weight excluding hydrogens is 328 g/mol. The van der Waals surface area contributed by atoms with Gasteiger partial charge in [0.15, 0.2) is 11.5 Å². The summed E-state index contributed by atoms with van der Waals surface area (Å²) in [5.74, 6) is -1.36. The van der Waals surface area contributed by atoms with E-state index in [0.29, 0.717) is 5.39 Å². The van der Waals surface area contributed by atoms with Crippen molar-refractivity contribution in [2.24, 2.45) is 0 Å². The van der Waals surface area contributed by atoms with Crippen molar-refractivity contribution in [3.05, 3.63) is 30.3 Å². The smallest absolute Gasteiger partial charge is 0.446 e. The molecule has 114 valence electrons. The van der Waals surface area contributed by atoms with Gasteiger partial charge in [0.1, 0.15) is 5.75 Å². The molecule has 0 amide bonds. The average Bonchev–Trinajstić information content (AvgIpc) is 2.26. The molecule has 9 nitrogen and oxygen atoms in total. The molecule has 0 fully saturated rings. The van der Waals surface area contributed by atoms with Gasteiger partial charge in [-0.3, -0.25) is 9.11 Å². The summed E-state index contributed by atoms with van der Waals surface area (Å²) in [6.07, 6.45) is 0. The Morgan fingerprint density at radius 2 is 1.43 bits per heavy atom.